The predicted octanol–water partition coefficient (Wildman–Crippen LogP) is 4.15. The Kier molecular flexibility index (Phi) is 6.31. The third kappa shape index (κ3) is 4.89. The van der Waals surface area contributed by atoms with Crippen molar-refractivity contribution in [2.45, 2.75) is 26.8 Å². The van der Waals surface area contributed by atoms with Crippen LogP contribution < -0.4 is 20.7 Å². The van der Waals surface area contributed by atoms with Crippen LogP contribution in [-0.2, 0) is 4.79 Å². The summed E-state index contributed by atoms with van der Waals surface area (Å²) in [5.74, 6) is 1.10. The molecule has 0 aliphatic carbocycles. The Bertz CT molecular complexity index is 876. The second-order valence-corrected chi connectivity index (χ2v) is 7.57. The van der Waals surface area contributed by atoms with Crippen LogP contribution in [0.25, 0.3) is 0 Å². The molecule has 1 aliphatic heterocycles. The first-order valence-electron chi connectivity index (χ1n) is 9.31. The minimum Gasteiger partial charge on any atom is -0.493 e. The van der Waals surface area contributed by atoms with Crippen LogP contribution in [0.1, 0.15) is 32.4 Å². The molecule has 0 saturated carbocycles. The van der Waals surface area contributed by atoms with Gasteiger partial charge in [-0.3, -0.25) is 4.79 Å². The molecule has 28 heavy (non-hydrogen) atoms. The highest BCUT2D eigenvalue weighted by Gasteiger charge is 2.29. The third-order valence-electron chi connectivity index (χ3n) is 4.34. The van der Waals surface area contributed by atoms with Crippen molar-refractivity contribution < 1.29 is 9.53 Å². The summed E-state index contributed by atoms with van der Waals surface area (Å²) in [4.78, 5) is 13.0. The standard InChI is InChI=1S/C22H25N3O2S/c1-14(2)13-27-18-11-9-16(10-12-18)20-19(15(3)23-22(28)25-20)21(26)24-17-7-5-4-6-8-17/h4-12,14,20H,13H2,1-3H3,(H,24,26)(H2,23,25,28)/t20-/m1/s1. The number of para-hydroxylation sites is 1. The molecular weight excluding hydrogens is 370 g/mol. The van der Waals surface area contributed by atoms with Gasteiger partial charge in [0.1, 0.15) is 5.75 Å². The molecule has 5 nitrogen and oxygen atoms in total. The summed E-state index contributed by atoms with van der Waals surface area (Å²) >= 11 is 5.31. The molecule has 0 spiro atoms. The molecule has 2 aromatic carbocycles. The number of ether oxygens (including phenoxy) is 1. The van der Waals surface area contributed by atoms with Crippen LogP contribution in [0, 0.1) is 5.92 Å². The molecule has 1 atom stereocenters. The molecule has 0 bridgehead atoms. The number of amides is 1. The number of hydrogen-bond acceptors (Lipinski definition) is 3. The van der Waals surface area contributed by atoms with Crippen molar-refractivity contribution in [3.8, 4) is 5.75 Å². The van der Waals surface area contributed by atoms with Gasteiger partial charge in [0.05, 0.1) is 18.2 Å². The highest BCUT2D eigenvalue weighted by Crippen LogP contribution is 2.29. The summed E-state index contributed by atoms with van der Waals surface area (Å²) in [5, 5.41) is 9.72. The lowest BCUT2D eigenvalue weighted by molar-refractivity contribution is -0.113. The van der Waals surface area contributed by atoms with E-state index in [4.69, 9.17) is 17.0 Å². The number of allylic oxidation sites excluding steroid dienone is 1. The smallest absolute Gasteiger partial charge is 0.255 e. The van der Waals surface area contributed by atoms with E-state index < -0.39 is 0 Å². The fourth-order valence-electron chi connectivity index (χ4n) is 2.98. The predicted molar refractivity (Wildman–Crippen MR) is 116 cm³/mol. The van der Waals surface area contributed by atoms with Gasteiger partial charge >= 0.3 is 0 Å². The molecule has 1 aliphatic rings. The Morgan fingerprint density at radius 3 is 2.46 bits per heavy atom. The van der Waals surface area contributed by atoms with Crippen LogP contribution in [0.2, 0.25) is 0 Å². The Balaban J connectivity index is 1.84. The van der Waals surface area contributed by atoms with Crippen LogP contribution in [0.5, 0.6) is 5.75 Å². The maximum atomic E-state index is 13.0. The minimum absolute atomic E-state index is 0.170. The van der Waals surface area contributed by atoms with E-state index in [-0.39, 0.29) is 11.9 Å². The van der Waals surface area contributed by atoms with E-state index in [9.17, 15) is 4.79 Å². The average Bonchev–Trinajstić information content (AvgIpc) is 2.66. The molecule has 0 aromatic heterocycles. The molecule has 0 fully saturated rings. The lowest BCUT2D eigenvalue weighted by Gasteiger charge is -2.30. The maximum absolute atomic E-state index is 13.0. The summed E-state index contributed by atoms with van der Waals surface area (Å²) in [5.41, 5.74) is 3.03. The highest BCUT2D eigenvalue weighted by atomic mass is 32.1. The van der Waals surface area contributed by atoms with Crippen LogP contribution in [-0.4, -0.2) is 17.6 Å². The van der Waals surface area contributed by atoms with Gasteiger partial charge in [-0.05, 0) is 54.9 Å². The zero-order chi connectivity index (χ0) is 20.1. The van der Waals surface area contributed by atoms with Crippen molar-refractivity contribution in [2.24, 2.45) is 5.92 Å². The first kappa shape index (κ1) is 19.9. The summed E-state index contributed by atoms with van der Waals surface area (Å²) in [6.45, 7) is 6.75. The molecule has 0 unspecified atom stereocenters. The van der Waals surface area contributed by atoms with Crippen molar-refractivity contribution in [1.29, 1.82) is 0 Å². The molecule has 146 valence electrons. The van der Waals surface area contributed by atoms with E-state index in [0.29, 0.717) is 23.2 Å². The summed E-state index contributed by atoms with van der Waals surface area (Å²) in [6.07, 6.45) is 0. The van der Waals surface area contributed by atoms with Crippen LogP contribution in [0.4, 0.5) is 5.69 Å². The first-order chi connectivity index (χ1) is 13.4. The van der Waals surface area contributed by atoms with Gasteiger partial charge in [0.15, 0.2) is 5.11 Å². The van der Waals surface area contributed by atoms with Crippen LogP contribution >= 0.6 is 12.2 Å². The minimum atomic E-state index is -0.336. The Hall–Kier alpha value is -2.86. The van der Waals surface area contributed by atoms with Gasteiger partial charge in [-0.2, -0.15) is 0 Å². The molecule has 3 rings (SSSR count). The number of benzene rings is 2. The maximum Gasteiger partial charge on any atom is 0.255 e. The molecule has 3 N–H and O–H groups in total. The number of nitrogens with one attached hydrogen (secondary N) is 3. The van der Waals surface area contributed by atoms with Gasteiger partial charge in [-0.15, -0.1) is 0 Å². The van der Waals surface area contributed by atoms with Crippen molar-refractivity contribution in [3.63, 3.8) is 0 Å². The van der Waals surface area contributed by atoms with Crippen molar-refractivity contribution in [1.82, 2.24) is 10.6 Å². The van der Waals surface area contributed by atoms with Gasteiger partial charge in [-0.25, -0.2) is 0 Å². The Morgan fingerprint density at radius 1 is 1.14 bits per heavy atom. The topological polar surface area (TPSA) is 62.4 Å². The van der Waals surface area contributed by atoms with Gasteiger partial charge < -0.3 is 20.7 Å². The molecule has 0 radical (unpaired) electrons. The second-order valence-electron chi connectivity index (χ2n) is 7.16. The molecule has 1 amide bonds. The van der Waals surface area contributed by atoms with E-state index in [1.165, 1.54) is 0 Å². The number of carbonyl (C=O) groups is 1. The van der Waals surface area contributed by atoms with Gasteiger partial charge in [0, 0.05) is 11.4 Å². The SMILES string of the molecule is CC1=C(C(=O)Nc2ccccc2)[C@@H](c2ccc(OCC(C)C)cc2)NC(=S)N1. The zero-order valence-electron chi connectivity index (χ0n) is 16.3. The summed E-state index contributed by atoms with van der Waals surface area (Å²) < 4.78 is 5.76. The number of rotatable bonds is 6. The van der Waals surface area contributed by atoms with E-state index in [1.54, 1.807) is 0 Å². The van der Waals surface area contributed by atoms with Crippen molar-refractivity contribution >= 4 is 28.9 Å². The fourth-order valence-corrected chi connectivity index (χ4v) is 3.26. The van der Waals surface area contributed by atoms with Gasteiger partial charge in [0.2, 0.25) is 0 Å². The van der Waals surface area contributed by atoms with Crippen molar-refractivity contribution in [3.05, 3.63) is 71.4 Å². The van der Waals surface area contributed by atoms with Gasteiger partial charge in [-0.1, -0.05) is 44.2 Å². The van der Waals surface area contributed by atoms with E-state index in [0.717, 1.165) is 22.7 Å². The quantitative estimate of drug-likeness (QED) is 0.642. The van der Waals surface area contributed by atoms with Crippen LogP contribution in [0.15, 0.2) is 65.9 Å². The molecule has 1 heterocycles. The van der Waals surface area contributed by atoms with E-state index in [1.807, 2.05) is 61.5 Å². The first-order valence-corrected chi connectivity index (χ1v) is 9.72. The molecule has 0 saturated heterocycles. The van der Waals surface area contributed by atoms with E-state index in [2.05, 4.69) is 29.8 Å². The zero-order valence-corrected chi connectivity index (χ0v) is 17.1. The van der Waals surface area contributed by atoms with Crippen molar-refractivity contribution in [2.75, 3.05) is 11.9 Å². The number of carbonyl (C=O) groups excluding carboxylic acids is 1. The average molecular weight is 396 g/mol. The number of hydrogen-bond donors (Lipinski definition) is 3. The summed E-state index contributed by atoms with van der Waals surface area (Å²) in [7, 11) is 0. The van der Waals surface area contributed by atoms with E-state index >= 15 is 0 Å². The monoisotopic (exact) mass is 395 g/mol. The Labute approximate surface area is 171 Å². The molecule has 2 aromatic rings. The van der Waals surface area contributed by atoms with Gasteiger partial charge in [0.25, 0.3) is 5.91 Å². The summed E-state index contributed by atoms with van der Waals surface area (Å²) in [6, 6.07) is 16.8. The molecular formula is C22H25N3O2S. The fraction of sp³-hybridized carbons (Fsp3) is 0.273. The van der Waals surface area contributed by atoms with Crippen LogP contribution in [0.3, 0.4) is 0 Å². The Morgan fingerprint density at radius 2 is 1.82 bits per heavy atom. The largest absolute Gasteiger partial charge is 0.493 e. The molecule has 6 heteroatoms. The highest BCUT2D eigenvalue weighted by molar-refractivity contribution is 7.80. The second kappa shape index (κ2) is 8.89. The third-order valence-corrected chi connectivity index (χ3v) is 4.56. The lowest BCUT2D eigenvalue weighted by Crippen LogP contribution is -2.45. The lowest BCUT2D eigenvalue weighted by atomic mass is 9.95. The normalized spacial score (nSPS) is 16.4. The number of thiocarbonyl (C=S) groups is 1. The number of anilines is 1.